The fourth-order valence-electron chi connectivity index (χ4n) is 3.04. The Bertz CT molecular complexity index is 750. The number of fused-ring (bicyclic) bond motifs is 2. The summed E-state index contributed by atoms with van der Waals surface area (Å²) >= 11 is 1.50. The molecule has 4 rings (SSSR count). The number of nitrogens with one attached hydrogen (secondary N) is 1. The van der Waals surface area contributed by atoms with Gasteiger partial charge < -0.3 is 15.0 Å². The van der Waals surface area contributed by atoms with Crippen LogP contribution in [0.5, 0.6) is 5.75 Å². The number of thiazole rings is 1. The molecule has 1 spiro atoms. The molecule has 1 aromatic heterocycles. The summed E-state index contributed by atoms with van der Waals surface area (Å²) in [5, 5.41) is 3.92. The van der Waals surface area contributed by atoms with E-state index in [-0.39, 0.29) is 11.3 Å². The van der Waals surface area contributed by atoms with Gasteiger partial charge in [-0.1, -0.05) is 23.5 Å². The highest BCUT2D eigenvalue weighted by atomic mass is 32.1. The second-order valence-corrected chi connectivity index (χ2v) is 7.32. The summed E-state index contributed by atoms with van der Waals surface area (Å²) in [6.07, 6.45) is 2.26. The van der Waals surface area contributed by atoms with Gasteiger partial charge in [0.05, 0.1) is 12.8 Å². The van der Waals surface area contributed by atoms with Crippen molar-refractivity contribution >= 4 is 22.4 Å². The molecule has 23 heavy (non-hydrogen) atoms. The second kappa shape index (κ2) is 5.23. The van der Waals surface area contributed by atoms with E-state index < -0.39 is 0 Å². The molecule has 2 aromatic rings. The Morgan fingerprint density at radius 3 is 2.74 bits per heavy atom. The van der Waals surface area contributed by atoms with Gasteiger partial charge in [-0.25, -0.2) is 4.98 Å². The van der Waals surface area contributed by atoms with Gasteiger partial charge in [0.1, 0.15) is 10.6 Å². The minimum absolute atomic E-state index is 0.0270. The molecule has 6 heteroatoms. The van der Waals surface area contributed by atoms with E-state index in [1.165, 1.54) is 16.9 Å². The van der Waals surface area contributed by atoms with Crippen LogP contribution in [-0.2, 0) is 12.0 Å². The van der Waals surface area contributed by atoms with Crippen LogP contribution in [0.2, 0.25) is 0 Å². The molecule has 0 atom stereocenters. The van der Waals surface area contributed by atoms with Gasteiger partial charge in [-0.3, -0.25) is 4.79 Å². The average molecular weight is 329 g/mol. The van der Waals surface area contributed by atoms with E-state index in [0.717, 1.165) is 47.4 Å². The van der Waals surface area contributed by atoms with Gasteiger partial charge in [0.2, 0.25) is 0 Å². The molecule has 0 radical (unpaired) electrons. The molecule has 0 saturated heterocycles. The Morgan fingerprint density at radius 2 is 2.09 bits per heavy atom. The number of rotatable bonds is 4. The third-order valence-corrected chi connectivity index (χ3v) is 5.84. The molecule has 1 N–H and O–H groups in total. The summed E-state index contributed by atoms with van der Waals surface area (Å²) in [5.74, 6) is 0.882. The summed E-state index contributed by atoms with van der Waals surface area (Å²) in [7, 11) is 3.69. The summed E-state index contributed by atoms with van der Waals surface area (Å²) in [6, 6.07) is 8.03. The van der Waals surface area contributed by atoms with E-state index in [9.17, 15) is 4.79 Å². The Kier molecular flexibility index (Phi) is 3.30. The maximum atomic E-state index is 12.1. The molecule has 2 heterocycles. The van der Waals surface area contributed by atoms with Crippen molar-refractivity contribution in [3.63, 3.8) is 0 Å². The molecule has 2 aliphatic rings. The Morgan fingerprint density at radius 1 is 1.35 bits per heavy atom. The second-order valence-electron chi connectivity index (χ2n) is 6.34. The lowest BCUT2D eigenvalue weighted by Gasteiger charge is -2.20. The van der Waals surface area contributed by atoms with Gasteiger partial charge in [0.15, 0.2) is 5.13 Å². The number of methoxy groups -OCH3 is 1. The van der Waals surface area contributed by atoms with Gasteiger partial charge in [-0.15, -0.1) is 0 Å². The lowest BCUT2D eigenvalue weighted by molar-refractivity contribution is 0.0941. The van der Waals surface area contributed by atoms with Crippen LogP contribution in [-0.4, -0.2) is 31.6 Å². The maximum absolute atomic E-state index is 12.1. The first kappa shape index (κ1) is 14.5. The quantitative estimate of drug-likeness (QED) is 0.937. The van der Waals surface area contributed by atoms with Gasteiger partial charge >= 0.3 is 0 Å². The first-order valence-electron chi connectivity index (χ1n) is 7.75. The van der Waals surface area contributed by atoms with Crippen LogP contribution >= 0.6 is 11.3 Å². The summed E-state index contributed by atoms with van der Waals surface area (Å²) in [5.41, 5.74) is 2.33. The van der Waals surface area contributed by atoms with Crippen molar-refractivity contribution < 1.29 is 9.53 Å². The fourth-order valence-corrected chi connectivity index (χ4v) is 4.10. The van der Waals surface area contributed by atoms with Crippen molar-refractivity contribution in [3.8, 4) is 5.75 Å². The van der Waals surface area contributed by atoms with E-state index in [1.54, 1.807) is 7.11 Å². The smallest absolute Gasteiger partial charge is 0.263 e. The molecule has 1 amide bonds. The van der Waals surface area contributed by atoms with E-state index >= 15 is 0 Å². The highest BCUT2D eigenvalue weighted by Crippen LogP contribution is 2.51. The summed E-state index contributed by atoms with van der Waals surface area (Å²) < 4.78 is 5.19. The zero-order chi connectivity index (χ0) is 16.0. The fraction of sp³-hybridized carbons (Fsp3) is 0.412. The monoisotopic (exact) mass is 329 g/mol. The number of amides is 1. The molecule has 120 valence electrons. The Hall–Kier alpha value is -2.08. The first-order valence-corrected chi connectivity index (χ1v) is 8.56. The Labute approximate surface area is 139 Å². The van der Waals surface area contributed by atoms with Crippen LogP contribution in [0.1, 0.15) is 33.8 Å². The van der Waals surface area contributed by atoms with Gasteiger partial charge in [-0.2, -0.15) is 0 Å². The number of hydrogen-bond donors (Lipinski definition) is 1. The van der Waals surface area contributed by atoms with Crippen LogP contribution in [0, 0.1) is 0 Å². The zero-order valence-corrected chi connectivity index (χ0v) is 14.1. The number of carbonyl (C=O) groups is 1. The van der Waals surface area contributed by atoms with Crippen LogP contribution in [0.3, 0.4) is 0 Å². The molecule has 1 aliphatic heterocycles. The highest BCUT2D eigenvalue weighted by molar-refractivity contribution is 7.17. The SMILES string of the molecule is COc1ccc(CN(C)c2nc3c(s2)C(=O)NCC32CC2)cc1. The number of benzene rings is 1. The third-order valence-electron chi connectivity index (χ3n) is 4.67. The molecule has 1 aromatic carbocycles. The molecule has 5 nitrogen and oxygen atoms in total. The van der Waals surface area contributed by atoms with Crippen molar-refractivity contribution in [2.75, 3.05) is 25.6 Å². The number of aromatic nitrogens is 1. The predicted octanol–water partition coefficient (Wildman–Crippen LogP) is 2.56. The average Bonchev–Trinajstić information content (AvgIpc) is 3.19. The Balaban J connectivity index is 1.57. The standard InChI is InChI=1S/C17H19N3O2S/c1-20(9-11-3-5-12(22-2)6-4-11)16-19-14-13(23-16)15(21)18-10-17(14)7-8-17/h3-6H,7-10H2,1-2H3,(H,18,21). The van der Waals surface area contributed by atoms with E-state index in [2.05, 4.69) is 22.3 Å². The van der Waals surface area contributed by atoms with Crippen molar-refractivity contribution in [3.05, 3.63) is 40.4 Å². The van der Waals surface area contributed by atoms with Gasteiger partial charge in [0.25, 0.3) is 5.91 Å². The number of hydrogen-bond acceptors (Lipinski definition) is 5. The molecular weight excluding hydrogens is 310 g/mol. The minimum Gasteiger partial charge on any atom is -0.497 e. The number of carbonyl (C=O) groups excluding carboxylic acids is 1. The molecule has 0 bridgehead atoms. The molecular formula is C17H19N3O2S. The van der Waals surface area contributed by atoms with Crippen molar-refractivity contribution in [2.24, 2.45) is 0 Å². The van der Waals surface area contributed by atoms with Crippen LogP contribution in [0.15, 0.2) is 24.3 Å². The topological polar surface area (TPSA) is 54.5 Å². The number of ether oxygens (including phenoxy) is 1. The molecule has 1 fully saturated rings. The molecule has 0 unspecified atom stereocenters. The minimum atomic E-state index is 0.0270. The van der Waals surface area contributed by atoms with Crippen molar-refractivity contribution in [2.45, 2.75) is 24.8 Å². The van der Waals surface area contributed by atoms with Crippen molar-refractivity contribution in [1.29, 1.82) is 0 Å². The van der Waals surface area contributed by atoms with Crippen molar-refractivity contribution in [1.82, 2.24) is 10.3 Å². The summed E-state index contributed by atoms with van der Waals surface area (Å²) in [4.78, 5) is 19.8. The van der Waals surface area contributed by atoms with E-state index in [4.69, 9.17) is 9.72 Å². The van der Waals surface area contributed by atoms with Crippen LogP contribution in [0.4, 0.5) is 5.13 Å². The number of nitrogens with zero attached hydrogens (tertiary/aromatic N) is 2. The zero-order valence-electron chi connectivity index (χ0n) is 13.3. The van der Waals surface area contributed by atoms with E-state index in [0.29, 0.717) is 0 Å². The van der Waals surface area contributed by atoms with E-state index in [1.807, 2.05) is 19.2 Å². The lowest BCUT2D eigenvalue weighted by Crippen LogP contribution is -2.38. The first-order chi connectivity index (χ1) is 11.1. The lowest BCUT2D eigenvalue weighted by atomic mass is 9.98. The van der Waals surface area contributed by atoms with Gasteiger partial charge in [0, 0.05) is 25.6 Å². The molecule has 1 aliphatic carbocycles. The predicted molar refractivity (Wildman–Crippen MR) is 90.5 cm³/mol. The highest BCUT2D eigenvalue weighted by Gasteiger charge is 2.51. The third kappa shape index (κ3) is 2.47. The summed E-state index contributed by atoms with van der Waals surface area (Å²) in [6.45, 7) is 1.50. The molecule has 1 saturated carbocycles. The van der Waals surface area contributed by atoms with Gasteiger partial charge in [-0.05, 0) is 30.5 Å². The largest absolute Gasteiger partial charge is 0.497 e. The normalized spacial score (nSPS) is 17.6. The number of anilines is 1. The van der Waals surface area contributed by atoms with Crippen LogP contribution < -0.4 is 15.0 Å². The van der Waals surface area contributed by atoms with Crippen LogP contribution in [0.25, 0.3) is 0 Å². The maximum Gasteiger partial charge on any atom is 0.263 e.